The molecule has 1 heterocycles. The Morgan fingerprint density at radius 3 is 2.61 bits per heavy atom. The lowest BCUT2D eigenvalue weighted by molar-refractivity contribution is -0.105. The van der Waals surface area contributed by atoms with E-state index in [0.29, 0.717) is 17.5 Å². The molecule has 0 unspecified atom stereocenters. The molecule has 0 spiro atoms. The van der Waals surface area contributed by atoms with Crippen LogP contribution < -0.4 is 5.73 Å². The van der Waals surface area contributed by atoms with Crippen LogP contribution in [0.25, 0.3) is 0 Å². The monoisotopic (exact) mass is 380 g/mol. The molecule has 1 aromatic carbocycles. The van der Waals surface area contributed by atoms with Gasteiger partial charge in [0, 0.05) is 11.1 Å². The number of hydrogen-bond acceptors (Lipinski definition) is 4. The molecule has 2 aromatic rings. The Balaban J connectivity index is 2.32. The second kappa shape index (κ2) is 7.37. The highest BCUT2D eigenvalue weighted by molar-refractivity contribution is 7.99. The van der Waals surface area contributed by atoms with Gasteiger partial charge in [-0.25, -0.2) is 15.0 Å². The number of rotatable bonds is 4. The zero-order valence-corrected chi connectivity index (χ0v) is 13.6. The summed E-state index contributed by atoms with van der Waals surface area (Å²) in [5.74, 6) is -1.01. The summed E-state index contributed by atoms with van der Waals surface area (Å²) in [6, 6.07) is 4.23. The fourth-order valence-corrected chi connectivity index (χ4v) is 2.80. The summed E-state index contributed by atoms with van der Waals surface area (Å²) in [6.07, 6.45) is -1.53. The highest BCUT2D eigenvalue weighted by Gasteiger charge is 2.27. The molecular weight excluding hydrogens is 372 g/mol. The third-order valence-electron chi connectivity index (χ3n) is 2.48. The minimum Gasteiger partial charge on any atom is -0.382 e. The molecule has 23 heavy (non-hydrogen) atoms. The van der Waals surface area contributed by atoms with E-state index in [4.69, 9.17) is 28.9 Å². The van der Waals surface area contributed by atoms with Gasteiger partial charge >= 0.3 is 6.18 Å². The average Bonchev–Trinajstić information content (AvgIpc) is 2.48. The van der Waals surface area contributed by atoms with Crippen molar-refractivity contribution < 1.29 is 13.2 Å². The molecule has 2 N–H and O–H groups in total. The van der Waals surface area contributed by atoms with Gasteiger partial charge in [-0.05, 0) is 18.2 Å². The van der Waals surface area contributed by atoms with Crippen LogP contribution in [0.1, 0.15) is 5.69 Å². The van der Waals surface area contributed by atoms with Crippen molar-refractivity contribution in [1.29, 1.82) is 0 Å². The van der Waals surface area contributed by atoms with Crippen molar-refractivity contribution in [2.75, 3.05) is 5.75 Å². The molecule has 0 aliphatic carbocycles. The minimum absolute atomic E-state index is 0.0587. The molecule has 0 fully saturated rings. The van der Waals surface area contributed by atoms with Gasteiger partial charge in [0.2, 0.25) is 0 Å². The van der Waals surface area contributed by atoms with Gasteiger partial charge in [-0.3, -0.25) is 0 Å². The number of benzene rings is 1. The SMILES string of the molecule is N/C(=N\c1cc(SCC(F)(F)F)c(Cl)cc1Cl)c1ccncn1. The van der Waals surface area contributed by atoms with Crippen LogP contribution in [0.5, 0.6) is 0 Å². The molecule has 4 nitrogen and oxygen atoms in total. The number of alkyl halides is 3. The van der Waals surface area contributed by atoms with Crippen molar-refractivity contribution in [3.63, 3.8) is 0 Å². The van der Waals surface area contributed by atoms with Crippen molar-refractivity contribution in [3.8, 4) is 0 Å². The first kappa shape index (κ1) is 17.8. The van der Waals surface area contributed by atoms with Crippen molar-refractivity contribution in [2.24, 2.45) is 10.7 Å². The fourth-order valence-electron chi connectivity index (χ4n) is 1.50. The third kappa shape index (κ3) is 5.26. The number of thioether (sulfide) groups is 1. The van der Waals surface area contributed by atoms with Crippen LogP contribution >= 0.6 is 35.0 Å². The molecule has 2 rings (SSSR count). The Labute approximate surface area is 143 Å². The van der Waals surface area contributed by atoms with Crippen LogP contribution in [0.2, 0.25) is 10.0 Å². The summed E-state index contributed by atoms with van der Waals surface area (Å²) in [5.41, 5.74) is 6.38. The average molecular weight is 381 g/mol. The molecule has 0 saturated heterocycles. The van der Waals surface area contributed by atoms with Gasteiger partial charge in [0.1, 0.15) is 17.9 Å². The van der Waals surface area contributed by atoms with Gasteiger partial charge in [0.25, 0.3) is 0 Å². The molecule has 0 aliphatic heterocycles. The van der Waals surface area contributed by atoms with Gasteiger partial charge in [-0.1, -0.05) is 23.2 Å². The number of halogens is 5. The van der Waals surface area contributed by atoms with Crippen LogP contribution in [0, 0.1) is 0 Å². The van der Waals surface area contributed by atoms with Gasteiger partial charge in [0.05, 0.1) is 21.5 Å². The minimum atomic E-state index is -4.31. The van der Waals surface area contributed by atoms with E-state index in [2.05, 4.69) is 15.0 Å². The van der Waals surface area contributed by atoms with E-state index in [1.165, 1.54) is 24.7 Å². The number of hydrogen-bond donors (Lipinski definition) is 1. The van der Waals surface area contributed by atoms with Gasteiger partial charge in [-0.2, -0.15) is 13.2 Å². The van der Waals surface area contributed by atoms with Gasteiger partial charge in [0.15, 0.2) is 0 Å². The molecular formula is C13H9Cl2F3N4S. The normalized spacial score (nSPS) is 12.5. The van der Waals surface area contributed by atoms with Crippen molar-refractivity contribution in [2.45, 2.75) is 11.1 Å². The predicted molar refractivity (Wildman–Crippen MR) is 85.7 cm³/mol. The number of amidine groups is 1. The molecule has 0 bridgehead atoms. The summed E-state index contributed by atoms with van der Waals surface area (Å²) in [5, 5.41) is 0.284. The van der Waals surface area contributed by atoms with Gasteiger partial charge in [-0.15, -0.1) is 11.8 Å². The molecule has 0 aliphatic rings. The highest BCUT2D eigenvalue weighted by atomic mass is 35.5. The molecule has 0 saturated carbocycles. The Morgan fingerprint density at radius 2 is 2.00 bits per heavy atom. The van der Waals surface area contributed by atoms with Gasteiger partial charge < -0.3 is 5.73 Å². The maximum Gasteiger partial charge on any atom is 0.398 e. The Hall–Kier alpha value is -1.51. The Kier molecular flexibility index (Phi) is 5.72. The first-order valence-corrected chi connectivity index (χ1v) is 7.79. The molecule has 0 amide bonds. The van der Waals surface area contributed by atoms with Crippen LogP contribution in [-0.2, 0) is 0 Å². The van der Waals surface area contributed by atoms with E-state index in [1.807, 2.05) is 0 Å². The molecule has 122 valence electrons. The summed E-state index contributed by atoms with van der Waals surface area (Å²) in [7, 11) is 0. The first-order chi connectivity index (χ1) is 10.8. The largest absolute Gasteiger partial charge is 0.398 e. The van der Waals surface area contributed by atoms with Crippen LogP contribution in [-0.4, -0.2) is 27.7 Å². The second-order valence-electron chi connectivity index (χ2n) is 4.23. The molecule has 0 radical (unpaired) electrons. The number of aromatic nitrogens is 2. The van der Waals surface area contributed by atoms with Crippen LogP contribution in [0.15, 0.2) is 40.6 Å². The number of aliphatic imine (C=N–C) groups is 1. The smallest absolute Gasteiger partial charge is 0.382 e. The maximum atomic E-state index is 12.3. The predicted octanol–water partition coefficient (Wildman–Crippen LogP) is 4.47. The Morgan fingerprint density at radius 1 is 1.26 bits per heavy atom. The van der Waals surface area contributed by atoms with Crippen molar-refractivity contribution in [3.05, 3.63) is 46.5 Å². The molecule has 0 atom stereocenters. The van der Waals surface area contributed by atoms with Crippen molar-refractivity contribution in [1.82, 2.24) is 9.97 Å². The van der Waals surface area contributed by atoms with E-state index in [9.17, 15) is 13.2 Å². The van der Waals surface area contributed by atoms with E-state index in [-0.39, 0.29) is 26.5 Å². The van der Waals surface area contributed by atoms with Crippen LogP contribution in [0.3, 0.4) is 0 Å². The molecule has 1 aromatic heterocycles. The van der Waals surface area contributed by atoms with E-state index in [0.717, 1.165) is 0 Å². The lowest BCUT2D eigenvalue weighted by Crippen LogP contribution is -2.14. The summed E-state index contributed by atoms with van der Waals surface area (Å²) >= 11 is 12.5. The van der Waals surface area contributed by atoms with Crippen molar-refractivity contribution >= 4 is 46.5 Å². The topological polar surface area (TPSA) is 64.2 Å². The lowest BCUT2D eigenvalue weighted by Gasteiger charge is -2.09. The Bertz CT molecular complexity index is 723. The maximum absolute atomic E-state index is 12.3. The van der Waals surface area contributed by atoms with E-state index in [1.54, 1.807) is 6.07 Å². The molecule has 10 heteroatoms. The second-order valence-corrected chi connectivity index (χ2v) is 6.06. The lowest BCUT2D eigenvalue weighted by atomic mass is 10.3. The quantitative estimate of drug-likeness (QED) is 0.482. The zero-order valence-electron chi connectivity index (χ0n) is 11.3. The summed E-state index contributed by atoms with van der Waals surface area (Å²) < 4.78 is 37.0. The number of nitrogens with two attached hydrogens (primary N) is 1. The standard InChI is InChI=1S/C13H9Cl2F3N4S/c14-7-3-8(15)11(23-5-13(16,17)18)4-10(7)22-12(19)9-1-2-20-6-21-9/h1-4,6H,5H2,(H2,19,22). The number of nitrogens with zero attached hydrogens (tertiary/aromatic N) is 3. The summed E-state index contributed by atoms with van der Waals surface area (Å²) in [6.45, 7) is 0. The summed E-state index contributed by atoms with van der Waals surface area (Å²) in [4.78, 5) is 12.0. The zero-order chi connectivity index (χ0) is 17.0. The fraction of sp³-hybridized carbons (Fsp3) is 0.154. The van der Waals surface area contributed by atoms with E-state index < -0.39 is 11.9 Å². The van der Waals surface area contributed by atoms with Crippen LogP contribution in [0.4, 0.5) is 18.9 Å². The highest BCUT2D eigenvalue weighted by Crippen LogP contribution is 2.38. The third-order valence-corrected chi connectivity index (χ3v) is 4.33. The van der Waals surface area contributed by atoms with E-state index >= 15 is 0 Å². The first-order valence-electron chi connectivity index (χ1n) is 6.05.